The van der Waals surface area contributed by atoms with Crippen LogP contribution in [0.25, 0.3) is 0 Å². The zero-order chi connectivity index (χ0) is 14.2. The smallest absolute Gasteiger partial charge is 0.226 e. The second kappa shape index (κ2) is 6.84. The third-order valence-corrected chi connectivity index (χ3v) is 5.21. The number of nitrogens with one attached hydrogen (secondary N) is 1. The number of likely N-dealkylation sites (tertiary alicyclic amines) is 1. The highest BCUT2D eigenvalue weighted by atomic mass is 35.5. The van der Waals surface area contributed by atoms with Crippen LogP contribution in [0.1, 0.15) is 39.5 Å². The highest BCUT2D eigenvalue weighted by molar-refractivity contribution is 5.85. The molecule has 3 rings (SSSR count). The number of amides is 1. The summed E-state index contributed by atoms with van der Waals surface area (Å²) in [6.07, 6.45) is 4.78. The van der Waals surface area contributed by atoms with Gasteiger partial charge in [-0.25, -0.2) is 0 Å². The first kappa shape index (κ1) is 17.0. The Morgan fingerprint density at radius 2 is 2.10 bits per heavy atom. The molecule has 5 heteroatoms. The maximum Gasteiger partial charge on any atom is 0.226 e. The maximum absolute atomic E-state index is 12.6. The van der Waals surface area contributed by atoms with Gasteiger partial charge in [-0.15, -0.1) is 12.4 Å². The number of hydrogen-bond donors (Lipinski definition) is 1. The fourth-order valence-electron chi connectivity index (χ4n) is 3.79. The van der Waals surface area contributed by atoms with E-state index in [4.69, 9.17) is 4.74 Å². The van der Waals surface area contributed by atoms with E-state index in [1.807, 2.05) is 0 Å². The van der Waals surface area contributed by atoms with Gasteiger partial charge >= 0.3 is 0 Å². The Morgan fingerprint density at radius 1 is 1.38 bits per heavy atom. The third-order valence-electron chi connectivity index (χ3n) is 5.21. The lowest BCUT2D eigenvalue weighted by Gasteiger charge is -2.25. The highest BCUT2D eigenvalue weighted by Crippen LogP contribution is 2.59. The van der Waals surface area contributed by atoms with Gasteiger partial charge in [0.15, 0.2) is 0 Å². The summed E-state index contributed by atoms with van der Waals surface area (Å²) in [5.41, 5.74) is 0.360. The number of halogens is 1. The van der Waals surface area contributed by atoms with Crippen LogP contribution in [0, 0.1) is 17.3 Å². The van der Waals surface area contributed by atoms with Crippen LogP contribution in [0.2, 0.25) is 0 Å². The second-order valence-corrected chi connectivity index (χ2v) is 7.29. The molecule has 2 saturated heterocycles. The fraction of sp³-hybridized carbons (Fsp3) is 0.938. The van der Waals surface area contributed by atoms with Crippen molar-refractivity contribution in [3.63, 3.8) is 0 Å². The molecule has 2 aliphatic heterocycles. The van der Waals surface area contributed by atoms with Gasteiger partial charge in [0, 0.05) is 25.6 Å². The van der Waals surface area contributed by atoms with Crippen molar-refractivity contribution >= 4 is 18.3 Å². The van der Waals surface area contributed by atoms with Gasteiger partial charge in [-0.3, -0.25) is 4.79 Å². The second-order valence-electron chi connectivity index (χ2n) is 7.29. The average Bonchev–Trinajstić information content (AvgIpc) is 2.92. The van der Waals surface area contributed by atoms with E-state index in [2.05, 4.69) is 24.1 Å². The molecule has 122 valence electrons. The molecule has 1 N–H and O–H groups in total. The largest absolute Gasteiger partial charge is 0.376 e. The van der Waals surface area contributed by atoms with E-state index in [-0.39, 0.29) is 18.5 Å². The summed E-state index contributed by atoms with van der Waals surface area (Å²) < 4.78 is 5.88. The number of hydrogen-bond acceptors (Lipinski definition) is 3. The van der Waals surface area contributed by atoms with E-state index in [0.717, 1.165) is 45.6 Å². The summed E-state index contributed by atoms with van der Waals surface area (Å²) in [4.78, 5) is 14.7. The van der Waals surface area contributed by atoms with Crippen molar-refractivity contribution in [2.24, 2.45) is 17.3 Å². The number of rotatable bonds is 4. The predicted octanol–water partition coefficient (Wildman–Crippen LogP) is 2.07. The quantitative estimate of drug-likeness (QED) is 0.863. The van der Waals surface area contributed by atoms with E-state index >= 15 is 0 Å². The van der Waals surface area contributed by atoms with Crippen molar-refractivity contribution in [3.05, 3.63) is 0 Å². The molecule has 21 heavy (non-hydrogen) atoms. The summed E-state index contributed by atoms with van der Waals surface area (Å²) in [5.74, 6) is 1.29. The summed E-state index contributed by atoms with van der Waals surface area (Å²) in [6.45, 7) is 9.04. The van der Waals surface area contributed by atoms with Crippen LogP contribution in [0.3, 0.4) is 0 Å². The third kappa shape index (κ3) is 3.72. The first-order chi connectivity index (χ1) is 9.61. The van der Waals surface area contributed by atoms with Crippen molar-refractivity contribution in [3.8, 4) is 0 Å². The molecule has 4 nitrogen and oxygen atoms in total. The molecular formula is C16H29ClN2O2. The standard InChI is InChI=1S/C16H28N2O2.ClH/c1-12(2)11-20-13-3-8-18(10-13)15(19)14-9-16(14)4-6-17-7-5-16;/h12-14,17H,3-11H2,1-2H3;1H. The van der Waals surface area contributed by atoms with Gasteiger partial charge < -0.3 is 15.0 Å². The summed E-state index contributed by atoms with van der Waals surface area (Å²) in [6, 6.07) is 0. The van der Waals surface area contributed by atoms with Crippen LogP contribution in [0.4, 0.5) is 0 Å². The minimum atomic E-state index is 0. The lowest BCUT2D eigenvalue weighted by atomic mass is 9.91. The van der Waals surface area contributed by atoms with Gasteiger partial charge in [-0.2, -0.15) is 0 Å². The molecule has 1 aliphatic carbocycles. The van der Waals surface area contributed by atoms with E-state index in [1.54, 1.807) is 0 Å². The molecule has 1 spiro atoms. The number of nitrogens with zero attached hydrogens (tertiary/aromatic N) is 1. The topological polar surface area (TPSA) is 41.6 Å². The molecular weight excluding hydrogens is 288 g/mol. The zero-order valence-electron chi connectivity index (χ0n) is 13.3. The summed E-state index contributed by atoms with van der Waals surface area (Å²) >= 11 is 0. The van der Waals surface area contributed by atoms with Gasteiger partial charge in [-0.05, 0) is 50.1 Å². The van der Waals surface area contributed by atoms with Crippen LogP contribution in [0.5, 0.6) is 0 Å². The van der Waals surface area contributed by atoms with E-state index in [1.165, 1.54) is 12.8 Å². The number of ether oxygens (including phenoxy) is 1. The molecule has 0 bridgehead atoms. The van der Waals surface area contributed by atoms with Crippen molar-refractivity contribution in [2.45, 2.75) is 45.6 Å². The summed E-state index contributed by atoms with van der Waals surface area (Å²) in [5, 5.41) is 3.40. The van der Waals surface area contributed by atoms with E-state index in [0.29, 0.717) is 23.2 Å². The predicted molar refractivity (Wildman–Crippen MR) is 85.7 cm³/mol. The Hall–Kier alpha value is -0.320. The molecule has 2 atom stereocenters. The van der Waals surface area contributed by atoms with E-state index < -0.39 is 0 Å². The minimum absolute atomic E-state index is 0. The molecule has 3 aliphatic rings. The fourth-order valence-corrected chi connectivity index (χ4v) is 3.79. The Morgan fingerprint density at radius 3 is 2.76 bits per heavy atom. The molecule has 3 fully saturated rings. The number of carbonyl (C=O) groups excluding carboxylic acids is 1. The van der Waals surface area contributed by atoms with Gasteiger partial charge in [0.1, 0.15) is 0 Å². The minimum Gasteiger partial charge on any atom is -0.376 e. The van der Waals surface area contributed by atoms with Crippen LogP contribution < -0.4 is 5.32 Å². The Labute approximate surface area is 134 Å². The molecule has 1 amide bonds. The molecule has 1 saturated carbocycles. The van der Waals surface area contributed by atoms with Crippen LogP contribution in [-0.4, -0.2) is 49.7 Å². The van der Waals surface area contributed by atoms with Crippen LogP contribution in [0.15, 0.2) is 0 Å². The number of piperidine rings is 1. The lowest BCUT2D eigenvalue weighted by molar-refractivity contribution is -0.133. The Bertz CT molecular complexity index is 369. The van der Waals surface area contributed by atoms with Crippen molar-refractivity contribution in [1.29, 1.82) is 0 Å². The number of carbonyl (C=O) groups is 1. The highest BCUT2D eigenvalue weighted by Gasteiger charge is 2.58. The van der Waals surface area contributed by atoms with Gasteiger partial charge in [0.05, 0.1) is 6.10 Å². The van der Waals surface area contributed by atoms with Gasteiger partial charge in [0.2, 0.25) is 5.91 Å². The molecule has 2 unspecified atom stereocenters. The monoisotopic (exact) mass is 316 g/mol. The van der Waals surface area contributed by atoms with Crippen molar-refractivity contribution < 1.29 is 9.53 Å². The summed E-state index contributed by atoms with van der Waals surface area (Å²) in [7, 11) is 0. The molecule has 2 heterocycles. The maximum atomic E-state index is 12.6. The van der Waals surface area contributed by atoms with Gasteiger partial charge in [0.25, 0.3) is 0 Å². The SMILES string of the molecule is CC(C)COC1CCN(C(=O)C2CC23CCNCC3)C1.Cl. The molecule has 0 radical (unpaired) electrons. The lowest BCUT2D eigenvalue weighted by Crippen LogP contribution is -2.36. The van der Waals surface area contributed by atoms with E-state index in [9.17, 15) is 4.79 Å². The average molecular weight is 317 g/mol. The molecule has 0 aromatic heterocycles. The Kier molecular flexibility index (Phi) is 5.55. The normalized spacial score (nSPS) is 30.5. The molecule has 0 aromatic carbocycles. The van der Waals surface area contributed by atoms with Crippen molar-refractivity contribution in [1.82, 2.24) is 10.2 Å². The van der Waals surface area contributed by atoms with Crippen LogP contribution in [-0.2, 0) is 9.53 Å². The van der Waals surface area contributed by atoms with Crippen molar-refractivity contribution in [2.75, 3.05) is 32.8 Å². The zero-order valence-corrected chi connectivity index (χ0v) is 14.1. The Balaban J connectivity index is 0.00000161. The van der Waals surface area contributed by atoms with Crippen LogP contribution >= 0.6 is 12.4 Å². The van der Waals surface area contributed by atoms with Gasteiger partial charge in [-0.1, -0.05) is 13.8 Å². The molecule has 0 aromatic rings. The first-order valence-electron chi connectivity index (χ1n) is 8.22. The first-order valence-corrected chi connectivity index (χ1v) is 8.22.